The Kier molecular flexibility index (Phi) is 0.895. The van der Waals surface area contributed by atoms with Crippen molar-refractivity contribution in [1.29, 1.82) is 0 Å². The van der Waals surface area contributed by atoms with E-state index in [1.807, 2.05) is 0 Å². The summed E-state index contributed by atoms with van der Waals surface area (Å²) in [5.41, 5.74) is 0.815. The van der Waals surface area contributed by atoms with Gasteiger partial charge in [-0.3, -0.25) is 0 Å². The molecule has 0 amide bonds. The molecule has 0 fully saturated rings. The van der Waals surface area contributed by atoms with Gasteiger partial charge in [-0.25, -0.2) is 9.97 Å². The van der Waals surface area contributed by atoms with Crippen LogP contribution in [0.25, 0.3) is 10.7 Å². The second kappa shape index (κ2) is 1.70. The van der Waals surface area contributed by atoms with Crippen LogP contribution in [0, 0.1) is 0 Å². The third kappa shape index (κ3) is 0.655. The summed E-state index contributed by atoms with van der Waals surface area (Å²) in [6.07, 6.45) is 3.10. The fourth-order valence-corrected chi connectivity index (χ4v) is 1.03. The van der Waals surface area contributed by atoms with Gasteiger partial charge in [0.05, 0.1) is 6.20 Å². The molecular weight excluding hydrogens is 136 g/mol. The van der Waals surface area contributed by atoms with Crippen molar-refractivity contribution < 1.29 is 0 Å². The molecule has 0 aromatic carbocycles. The minimum absolute atomic E-state index is 0.815. The first-order chi connectivity index (χ1) is 4.47. The summed E-state index contributed by atoms with van der Waals surface area (Å²) in [4.78, 5) is 7.84. The van der Waals surface area contributed by atoms with Crippen LogP contribution in [0.15, 0.2) is 12.5 Å². The van der Waals surface area contributed by atoms with Gasteiger partial charge in [-0.1, -0.05) is 4.49 Å². The third-order valence-corrected chi connectivity index (χ3v) is 1.61. The summed E-state index contributed by atoms with van der Waals surface area (Å²) in [5, 5.41) is 4.49. The first-order valence-electron chi connectivity index (χ1n) is 2.35. The Balaban J connectivity index is 2.79. The molecule has 0 aliphatic carbocycles. The van der Waals surface area contributed by atoms with Crippen molar-refractivity contribution in [3.63, 3.8) is 0 Å². The van der Waals surface area contributed by atoms with Gasteiger partial charge >= 0.3 is 0 Å². The van der Waals surface area contributed by atoms with Gasteiger partial charge < -0.3 is 0 Å². The number of imidazole rings is 1. The van der Waals surface area contributed by atoms with E-state index in [0.29, 0.717) is 0 Å². The molecule has 0 aromatic heterocycles. The number of fused-ring (bicyclic) bond motifs is 1. The predicted molar refractivity (Wildman–Crippen MR) is 32.1 cm³/mol. The highest BCUT2D eigenvalue weighted by Crippen LogP contribution is 2.15. The summed E-state index contributed by atoms with van der Waals surface area (Å²) >= 11 is 1.25. The van der Waals surface area contributed by atoms with Crippen LogP contribution in [0.1, 0.15) is 0 Å². The lowest BCUT2D eigenvalue weighted by molar-refractivity contribution is 1.12. The molecule has 0 saturated carbocycles. The average molecular weight is 138 g/mol. The van der Waals surface area contributed by atoms with E-state index in [1.165, 1.54) is 17.9 Å². The van der Waals surface area contributed by atoms with Crippen LogP contribution < -0.4 is 0 Å². The fourth-order valence-electron chi connectivity index (χ4n) is 0.564. The SMILES string of the molecule is c1nc2cnnsc-2n1. The summed E-state index contributed by atoms with van der Waals surface area (Å²) in [5.74, 6) is 0. The van der Waals surface area contributed by atoms with Gasteiger partial charge in [0.1, 0.15) is 12.0 Å². The molecule has 2 heterocycles. The Morgan fingerprint density at radius 2 is 2.33 bits per heavy atom. The minimum atomic E-state index is 0.815. The minimum Gasteiger partial charge on any atom is -0.232 e. The van der Waals surface area contributed by atoms with Crippen molar-refractivity contribution in [2.45, 2.75) is 0 Å². The number of aromatic nitrogens is 4. The maximum Gasteiger partial charge on any atom is 0.165 e. The molecule has 0 bridgehead atoms. The zero-order valence-corrected chi connectivity index (χ0v) is 5.17. The van der Waals surface area contributed by atoms with Gasteiger partial charge in [-0.15, -0.1) is 5.10 Å². The Hall–Kier alpha value is -1.10. The second-order valence-electron chi connectivity index (χ2n) is 1.48. The van der Waals surface area contributed by atoms with Crippen molar-refractivity contribution >= 4 is 11.5 Å². The molecule has 0 spiro atoms. The van der Waals surface area contributed by atoms with Crippen molar-refractivity contribution in [2.75, 3.05) is 0 Å². The zero-order chi connectivity index (χ0) is 6.10. The predicted octanol–water partition coefficient (Wildman–Crippen LogP) is 0.433. The van der Waals surface area contributed by atoms with Gasteiger partial charge in [0.2, 0.25) is 0 Å². The van der Waals surface area contributed by atoms with Crippen LogP contribution in [0.5, 0.6) is 0 Å². The van der Waals surface area contributed by atoms with Gasteiger partial charge in [-0.2, -0.15) is 0 Å². The molecule has 44 valence electrons. The van der Waals surface area contributed by atoms with Gasteiger partial charge in [0, 0.05) is 11.5 Å². The fraction of sp³-hybridized carbons (Fsp3) is 0. The third-order valence-electron chi connectivity index (χ3n) is 0.945. The Labute approximate surface area is 55.1 Å². The Bertz CT molecular complexity index is 253. The number of hydrogen-bond donors (Lipinski definition) is 0. The summed E-state index contributed by atoms with van der Waals surface area (Å²) in [7, 11) is 0. The first kappa shape index (κ1) is 4.75. The van der Waals surface area contributed by atoms with E-state index >= 15 is 0 Å². The smallest absolute Gasteiger partial charge is 0.165 e. The second-order valence-corrected chi connectivity index (χ2v) is 2.21. The first-order valence-corrected chi connectivity index (χ1v) is 3.12. The molecule has 0 saturated heterocycles. The van der Waals surface area contributed by atoms with Crippen LogP contribution >= 0.6 is 11.5 Å². The van der Waals surface area contributed by atoms with E-state index in [9.17, 15) is 0 Å². The van der Waals surface area contributed by atoms with Crippen molar-refractivity contribution in [2.24, 2.45) is 0 Å². The summed E-state index contributed by atoms with van der Waals surface area (Å²) < 4.78 is 3.67. The van der Waals surface area contributed by atoms with Gasteiger partial charge in [0.25, 0.3) is 0 Å². The summed E-state index contributed by atoms with van der Waals surface area (Å²) in [6.45, 7) is 0. The van der Waals surface area contributed by atoms with Crippen molar-refractivity contribution in [3.05, 3.63) is 12.5 Å². The Morgan fingerprint density at radius 1 is 1.33 bits per heavy atom. The molecule has 2 rings (SSSR count). The lowest BCUT2D eigenvalue weighted by Gasteiger charge is -1.84. The molecule has 0 N–H and O–H groups in total. The average Bonchev–Trinajstić information content (AvgIpc) is 2.33. The zero-order valence-electron chi connectivity index (χ0n) is 4.35. The van der Waals surface area contributed by atoms with Crippen molar-refractivity contribution in [3.8, 4) is 10.7 Å². The molecule has 4 nitrogen and oxygen atoms in total. The maximum atomic E-state index is 3.92. The molecule has 0 atom stereocenters. The molecular formula is C4H2N4S. The van der Waals surface area contributed by atoms with Crippen LogP contribution in [-0.4, -0.2) is 19.6 Å². The summed E-state index contributed by atoms with van der Waals surface area (Å²) in [6, 6.07) is 0. The monoisotopic (exact) mass is 138 g/mol. The van der Waals surface area contributed by atoms with Crippen LogP contribution in [0.3, 0.4) is 0 Å². The molecule has 0 unspecified atom stereocenters. The largest absolute Gasteiger partial charge is 0.232 e. The quantitative estimate of drug-likeness (QED) is 0.529. The standard InChI is InChI=1S/C4H2N4S/c1-3-4(6-2-5-3)9-8-7-1/h1-2H. The number of rotatable bonds is 0. The van der Waals surface area contributed by atoms with Gasteiger partial charge in [0.15, 0.2) is 5.01 Å². The number of hydrogen-bond acceptors (Lipinski definition) is 5. The van der Waals surface area contributed by atoms with E-state index in [4.69, 9.17) is 0 Å². The van der Waals surface area contributed by atoms with E-state index < -0.39 is 0 Å². The molecule has 9 heavy (non-hydrogen) atoms. The maximum absolute atomic E-state index is 3.92. The normalized spacial score (nSPS) is 10.2. The van der Waals surface area contributed by atoms with Crippen molar-refractivity contribution in [1.82, 2.24) is 19.6 Å². The molecule has 5 heteroatoms. The van der Waals surface area contributed by atoms with Crippen LogP contribution in [0.4, 0.5) is 0 Å². The topological polar surface area (TPSA) is 51.6 Å². The number of nitrogens with zero attached hydrogens (tertiary/aromatic N) is 4. The highest BCUT2D eigenvalue weighted by Gasteiger charge is 2.03. The highest BCUT2D eigenvalue weighted by atomic mass is 32.1. The molecule has 0 aromatic rings. The lowest BCUT2D eigenvalue weighted by atomic mass is 10.5. The van der Waals surface area contributed by atoms with Crippen LogP contribution in [-0.2, 0) is 0 Å². The van der Waals surface area contributed by atoms with E-state index in [2.05, 4.69) is 19.6 Å². The van der Waals surface area contributed by atoms with Crippen LogP contribution in [0.2, 0.25) is 0 Å². The Morgan fingerprint density at radius 3 is 3.22 bits per heavy atom. The molecule has 0 radical (unpaired) electrons. The van der Waals surface area contributed by atoms with E-state index in [-0.39, 0.29) is 0 Å². The molecule has 2 aliphatic heterocycles. The van der Waals surface area contributed by atoms with E-state index in [0.717, 1.165) is 10.7 Å². The van der Waals surface area contributed by atoms with E-state index in [1.54, 1.807) is 6.20 Å². The molecule has 2 aliphatic rings. The van der Waals surface area contributed by atoms with Gasteiger partial charge in [-0.05, 0) is 0 Å². The highest BCUT2D eigenvalue weighted by molar-refractivity contribution is 7.08. The lowest BCUT2D eigenvalue weighted by Crippen LogP contribution is -1.78.